The number of alkyl halides is 6. The summed E-state index contributed by atoms with van der Waals surface area (Å²) in [6, 6.07) is 9.26. The standard InChI is InChI=1S/C18H20F6N2O2.C6H5F/c1-16(25)3-2-13-7-14(8-26(13)15(16)27)28-9-10-4-11(17(19,20)21)6-12(5-10)18(22,23)24;7-6-4-2-1-3-5-6/h4-6,13-14H,2-3,7-9,25H2,1H3;1-5H. The first-order valence-electron chi connectivity index (χ1n) is 10.9. The fourth-order valence-electron chi connectivity index (χ4n) is 4.15. The van der Waals surface area contributed by atoms with E-state index in [0.29, 0.717) is 31.4 Å². The third kappa shape index (κ3) is 6.94. The number of nitrogens with zero attached hydrogens (tertiary/aromatic N) is 1. The Morgan fingerprint density at radius 2 is 1.60 bits per heavy atom. The molecule has 3 unspecified atom stereocenters. The molecule has 2 saturated heterocycles. The quantitative estimate of drug-likeness (QED) is 0.556. The average molecular weight is 506 g/mol. The Hall–Kier alpha value is -2.66. The summed E-state index contributed by atoms with van der Waals surface area (Å²) < 4.78 is 95.0. The maximum absolute atomic E-state index is 12.9. The number of nitrogens with two attached hydrogens (primary N) is 1. The maximum atomic E-state index is 12.9. The number of fused-ring (bicyclic) bond motifs is 1. The van der Waals surface area contributed by atoms with Crippen molar-refractivity contribution >= 4 is 5.91 Å². The zero-order valence-corrected chi connectivity index (χ0v) is 18.8. The molecule has 192 valence electrons. The lowest BCUT2D eigenvalue weighted by atomic mass is 9.88. The second kappa shape index (κ2) is 10.1. The van der Waals surface area contributed by atoms with Gasteiger partial charge in [-0.25, -0.2) is 4.39 Å². The maximum Gasteiger partial charge on any atom is 0.416 e. The Balaban J connectivity index is 0.000000420. The molecular weight excluding hydrogens is 481 g/mol. The largest absolute Gasteiger partial charge is 0.416 e. The van der Waals surface area contributed by atoms with Crippen LogP contribution in [0, 0.1) is 5.82 Å². The van der Waals surface area contributed by atoms with E-state index in [2.05, 4.69) is 0 Å². The van der Waals surface area contributed by atoms with Gasteiger partial charge in [-0.1, -0.05) is 18.2 Å². The topological polar surface area (TPSA) is 55.6 Å². The van der Waals surface area contributed by atoms with Crippen LogP contribution in [0.3, 0.4) is 0 Å². The molecule has 2 aromatic carbocycles. The molecule has 2 aromatic rings. The van der Waals surface area contributed by atoms with Gasteiger partial charge in [0.1, 0.15) is 5.82 Å². The van der Waals surface area contributed by atoms with Gasteiger partial charge in [-0.15, -0.1) is 0 Å². The van der Waals surface area contributed by atoms with Gasteiger partial charge in [0.15, 0.2) is 0 Å². The van der Waals surface area contributed by atoms with E-state index in [0.717, 1.165) is 0 Å². The molecule has 4 rings (SSSR count). The number of benzene rings is 2. The number of ether oxygens (including phenoxy) is 1. The molecular formula is C24H25F7N2O2. The highest BCUT2D eigenvalue weighted by Gasteiger charge is 2.46. The summed E-state index contributed by atoms with van der Waals surface area (Å²) in [5, 5.41) is 0. The Kier molecular flexibility index (Phi) is 7.80. The van der Waals surface area contributed by atoms with Crippen LogP contribution < -0.4 is 5.73 Å². The number of piperidine rings is 1. The summed E-state index contributed by atoms with van der Waals surface area (Å²) in [4.78, 5) is 14.0. The average Bonchev–Trinajstić information content (AvgIpc) is 3.18. The molecule has 2 N–H and O–H groups in total. The van der Waals surface area contributed by atoms with Crippen molar-refractivity contribution in [3.05, 3.63) is 71.0 Å². The number of carbonyl (C=O) groups excluding carboxylic acids is 1. The number of rotatable bonds is 3. The van der Waals surface area contributed by atoms with Gasteiger partial charge < -0.3 is 15.4 Å². The van der Waals surface area contributed by atoms with E-state index in [1.807, 2.05) is 0 Å². The summed E-state index contributed by atoms with van der Waals surface area (Å²) >= 11 is 0. The third-order valence-corrected chi connectivity index (χ3v) is 5.99. The predicted molar refractivity (Wildman–Crippen MR) is 113 cm³/mol. The smallest absolute Gasteiger partial charge is 0.372 e. The number of amides is 1. The minimum absolute atomic E-state index is 0.0682. The Labute approximate surface area is 197 Å². The van der Waals surface area contributed by atoms with Gasteiger partial charge in [-0.3, -0.25) is 4.79 Å². The van der Waals surface area contributed by atoms with Gasteiger partial charge in [-0.2, -0.15) is 26.3 Å². The van der Waals surface area contributed by atoms with E-state index in [4.69, 9.17) is 10.5 Å². The second-order valence-corrected chi connectivity index (χ2v) is 8.95. The lowest BCUT2D eigenvalue weighted by Crippen LogP contribution is -2.58. The predicted octanol–water partition coefficient (Wildman–Crippen LogP) is 5.55. The first-order valence-corrected chi connectivity index (χ1v) is 10.9. The lowest BCUT2D eigenvalue weighted by molar-refractivity contribution is -0.143. The van der Waals surface area contributed by atoms with Crippen LogP contribution in [-0.4, -0.2) is 35.0 Å². The van der Waals surface area contributed by atoms with Gasteiger partial charge in [0.05, 0.1) is 29.4 Å². The van der Waals surface area contributed by atoms with Crippen molar-refractivity contribution in [2.75, 3.05) is 6.54 Å². The van der Waals surface area contributed by atoms with Crippen molar-refractivity contribution in [1.29, 1.82) is 0 Å². The molecule has 0 bridgehead atoms. The number of hydrogen-bond donors (Lipinski definition) is 1. The molecule has 2 heterocycles. The Morgan fingerprint density at radius 3 is 2.09 bits per heavy atom. The van der Waals surface area contributed by atoms with Crippen LogP contribution in [0.25, 0.3) is 0 Å². The lowest BCUT2D eigenvalue weighted by Gasteiger charge is -2.38. The molecule has 0 aliphatic carbocycles. The summed E-state index contributed by atoms with van der Waals surface area (Å²) in [5.41, 5.74) is 2.02. The number of hydrogen-bond acceptors (Lipinski definition) is 3. The van der Waals surface area contributed by atoms with Crippen molar-refractivity contribution in [3.63, 3.8) is 0 Å². The highest BCUT2D eigenvalue weighted by molar-refractivity contribution is 5.87. The monoisotopic (exact) mass is 506 g/mol. The summed E-state index contributed by atoms with van der Waals surface area (Å²) in [7, 11) is 0. The third-order valence-electron chi connectivity index (χ3n) is 5.99. The Bertz CT molecular complexity index is 991. The fraction of sp³-hybridized carbons (Fsp3) is 0.458. The molecule has 1 amide bonds. The molecule has 2 aliphatic rings. The molecule has 2 aliphatic heterocycles. The van der Waals surface area contributed by atoms with E-state index in [9.17, 15) is 35.5 Å². The number of carbonyl (C=O) groups is 1. The van der Waals surface area contributed by atoms with Gasteiger partial charge in [0, 0.05) is 12.6 Å². The minimum Gasteiger partial charge on any atom is -0.372 e. The van der Waals surface area contributed by atoms with Gasteiger partial charge in [0.25, 0.3) is 0 Å². The van der Waals surface area contributed by atoms with Crippen LogP contribution in [0.5, 0.6) is 0 Å². The SMILES string of the molecule is CC1(N)CCC2CC(OCc3cc(C(F)(F)F)cc(C(F)(F)F)c3)CN2C1=O.Fc1ccccc1. The van der Waals surface area contributed by atoms with E-state index in [1.165, 1.54) is 12.1 Å². The highest BCUT2D eigenvalue weighted by atomic mass is 19.4. The van der Waals surface area contributed by atoms with Crippen LogP contribution in [0.15, 0.2) is 48.5 Å². The number of halogens is 7. The van der Waals surface area contributed by atoms with Crippen LogP contribution in [-0.2, 0) is 28.5 Å². The van der Waals surface area contributed by atoms with Gasteiger partial charge in [0.2, 0.25) is 5.91 Å². The highest BCUT2D eigenvalue weighted by Crippen LogP contribution is 2.37. The van der Waals surface area contributed by atoms with Crippen LogP contribution in [0.1, 0.15) is 42.9 Å². The molecule has 4 nitrogen and oxygen atoms in total. The first kappa shape index (κ1) is 26.9. The Morgan fingerprint density at radius 1 is 1.03 bits per heavy atom. The van der Waals surface area contributed by atoms with Crippen LogP contribution in [0.2, 0.25) is 0 Å². The molecule has 0 radical (unpaired) electrons. The van der Waals surface area contributed by atoms with E-state index >= 15 is 0 Å². The van der Waals surface area contributed by atoms with Crippen molar-refractivity contribution in [3.8, 4) is 0 Å². The minimum atomic E-state index is -4.90. The van der Waals surface area contributed by atoms with Gasteiger partial charge in [-0.05, 0) is 62.1 Å². The molecule has 0 spiro atoms. The first-order chi connectivity index (χ1) is 16.2. The van der Waals surface area contributed by atoms with E-state index < -0.39 is 41.7 Å². The van der Waals surface area contributed by atoms with Crippen LogP contribution in [0.4, 0.5) is 30.7 Å². The van der Waals surface area contributed by atoms with Crippen molar-refractivity contribution in [2.45, 2.75) is 62.8 Å². The van der Waals surface area contributed by atoms with E-state index in [-0.39, 0.29) is 35.9 Å². The molecule has 3 atom stereocenters. The second-order valence-electron chi connectivity index (χ2n) is 8.95. The summed E-state index contributed by atoms with van der Waals surface area (Å²) in [6.07, 6.45) is -8.59. The molecule has 35 heavy (non-hydrogen) atoms. The van der Waals surface area contributed by atoms with Crippen molar-refractivity contribution < 1.29 is 40.3 Å². The summed E-state index contributed by atoms with van der Waals surface area (Å²) in [5.74, 6) is -0.393. The van der Waals surface area contributed by atoms with Gasteiger partial charge >= 0.3 is 12.4 Å². The van der Waals surface area contributed by atoms with Crippen LogP contribution >= 0.6 is 0 Å². The van der Waals surface area contributed by atoms with Crippen molar-refractivity contribution in [2.24, 2.45) is 5.73 Å². The van der Waals surface area contributed by atoms with Crippen molar-refractivity contribution in [1.82, 2.24) is 4.90 Å². The normalized spacial score (nSPS) is 24.6. The zero-order chi connectivity index (χ0) is 26.0. The summed E-state index contributed by atoms with van der Waals surface area (Å²) in [6.45, 7) is 1.45. The fourth-order valence-corrected chi connectivity index (χ4v) is 4.15. The van der Waals surface area contributed by atoms with E-state index in [1.54, 1.807) is 30.0 Å². The molecule has 11 heteroatoms. The zero-order valence-electron chi connectivity index (χ0n) is 18.8. The molecule has 0 saturated carbocycles. The molecule has 0 aromatic heterocycles. The molecule has 2 fully saturated rings.